The number of carbonyl (C=O) groups excluding carboxylic acids is 4. The van der Waals surface area contributed by atoms with Gasteiger partial charge in [-0.1, -0.05) is 0 Å². The lowest BCUT2D eigenvalue weighted by molar-refractivity contribution is -0.173. The molecule has 1 fully saturated rings. The summed E-state index contributed by atoms with van der Waals surface area (Å²) in [5.74, 6) is -1.51. The van der Waals surface area contributed by atoms with Gasteiger partial charge in [0, 0.05) is 6.42 Å². The molecule has 2 atom stereocenters. The Morgan fingerprint density at radius 1 is 1.11 bits per heavy atom. The van der Waals surface area contributed by atoms with Crippen LogP contribution >= 0.6 is 23.2 Å². The average Bonchev–Trinajstić information content (AvgIpc) is 2.32. The molecule has 0 bridgehead atoms. The molecule has 8 heteroatoms. The molecule has 1 aliphatic heterocycles. The largest absolute Gasteiger partial charge is 0.448 e. The fourth-order valence-electron chi connectivity index (χ4n) is 1.45. The van der Waals surface area contributed by atoms with Crippen LogP contribution in [0.1, 0.15) is 26.7 Å². The standard InChI is InChI=1S/C11H12Cl2O6/c1-11(2)4-3-5(14)18-6(8(12)15)7(9(13)16)19-10(11)17/h6-7H,3-4H2,1-2H3. The van der Waals surface area contributed by atoms with Gasteiger partial charge in [-0.3, -0.25) is 19.2 Å². The molecule has 6 nitrogen and oxygen atoms in total. The van der Waals surface area contributed by atoms with Gasteiger partial charge >= 0.3 is 11.9 Å². The van der Waals surface area contributed by atoms with Gasteiger partial charge < -0.3 is 9.47 Å². The molecule has 1 rings (SSSR count). The molecular weight excluding hydrogens is 299 g/mol. The van der Waals surface area contributed by atoms with Crippen molar-refractivity contribution in [3.8, 4) is 0 Å². The quantitative estimate of drug-likeness (QED) is 0.562. The van der Waals surface area contributed by atoms with E-state index in [1.165, 1.54) is 0 Å². The number of carbonyl (C=O) groups is 4. The molecule has 0 amide bonds. The normalized spacial score (nSPS) is 27.4. The summed E-state index contributed by atoms with van der Waals surface area (Å²) < 4.78 is 9.61. The summed E-state index contributed by atoms with van der Waals surface area (Å²) in [5, 5.41) is -2.28. The Bertz CT molecular complexity index is 431. The summed E-state index contributed by atoms with van der Waals surface area (Å²) in [6, 6.07) is 0. The zero-order chi connectivity index (χ0) is 14.8. The summed E-state index contributed by atoms with van der Waals surface area (Å²) in [5.41, 5.74) is -1.01. The topological polar surface area (TPSA) is 86.7 Å². The Labute approximate surface area is 119 Å². The molecule has 0 N–H and O–H groups in total. The summed E-state index contributed by atoms with van der Waals surface area (Å²) in [6.45, 7) is 3.09. The third-order valence-corrected chi connectivity index (χ3v) is 3.15. The van der Waals surface area contributed by atoms with Crippen molar-refractivity contribution in [2.75, 3.05) is 0 Å². The number of esters is 2. The van der Waals surface area contributed by atoms with Crippen LogP contribution in [0.4, 0.5) is 0 Å². The van der Waals surface area contributed by atoms with E-state index in [2.05, 4.69) is 0 Å². The van der Waals surface area contributed by atoms with Crippen LogP contribution in [-0.2, 0) is 28.7 Å². The van der Waals surface area contributed by atoms with Gasteiger partial charge in [0.2, 0.25) is 12.2 Å². The monoisotopic (exact) mass is 310 g/mol. The highest BCUT2D eigenvalue weighted by Gasteiger charge is 2.43. The number of rotatable bonds is 2. The van der Waals surface area contributed by atoms with E-state index >= 15 is 0 Å². The third kappa shape index (κ3) is 3.91. The van der Waals surface area contributed by atoms with Gasteiger partial charge in [0.05, 0.1) is 5.41 Å². The molecule has 0 saturated carbocycles. The lowest BCUT2D eigenvalue weighted by Gasteiger charge is -2.24. The Kier molecular flexibility index (Phi) is 4.92. The SMILES string of the molecule is CC1(C)CCC(=O)OC(C(=O)Cl)C(C(=O)Cl)OC1=O. The van der Waals surface area contributed by atoms with E-state index < -0.39 is 40.0 Å². The van der Waals surface area contributed by atoms with Crippen molar-refractivity contribution in [1.29, 1.82) is 0 Å². The number of halogens is 2. The van der Waals surface area contributed by atoms with Crippen molar-refractivity contribution in [2.24, 2.45) is 5.41 Å². The highest BCUT2D eigenvalue weighted by Crippen LogP contribution is 2.28. The first-order valence-electron chi connectivity index (χ1n) is 5.44. The smallest absolute Gasteiger partial charge is 0.312 e. The highest BCUT2D eigenvalue weighted by molar-refractivity contribution is 6.67. The molecule has 0 aliphatic carbocycles. The zero-order valence-corrected chi connectivity index (χ0v) is 11.8. The fraction of sp³-hybridized carbons (Fsp3) is 0.636. The lowest BCUT2D eigenvalue weighted by Crippen LogP contribution is -2.43. The minimum Gasteiger partial charge on any atom is -0.448 e. The summed E-state index contributed by atoms with van der Waals surface area (Å²) in [4.78, 5) is 45.8. The Balaban J connectivity index is 3.14. The van der Waals surface area contributed by atoms with Crippen LogP contribution in [0.5, 0.6) is 0 Å². The van der Waals surface area contributed by atoms with E-state index in [1.54, 1.807) is 13.8 Å². The van der Waals surface area contributed by atoms with Gasteiger partial charge in [0.25, 0.3) is 10.5 Å². The number of hydrogen-bond donors (Lipinski definition) is 0. The third-order valence-electron chi connectivity index (χ3n) is 2.72. The predicted molar refractivity (Wildman–Crippen MR) is 64.5 cm³/mol. The Morgan fingerprint density at radius 2 is 1.58 bits per heavy atom. The van der Waals surface area contributed by atoms with Crippen LogP contribution in [0.3, 0.4) is 0 Å². The van der Waals surface area contributed by atoms with E-state index in [4.69, 9.17) is 32.7 Å². The summed E-state index contributed by atoms with van der Waals surface area (Å²) >= 11 is 10.5. The van der Waals surface area contributed by atoms with Crippen LogP contribution < -0.4 is 0 Å². The van der Waals surface area contributed by atoms with Crippen molar-refractivity contribution < 1.29 is 28.7 Å². The number of ether oxygens (including phenoxy) is 2. The lowest BCUT2D eigenvalue weighted by atomic mass is 9.88. The van der Waals surface area contributed by atoms with E-state index in [0.29, 0.717) is 0 Å². The molecule has 19 heavy (non-hydrogen) atoms. The molecule has 0 radical (unpaired) electrons. The first-order valence-corrected chi connectivity index (χ1v) is 6.20. The van der Waals surface area contributed by atoms with Crippen molar-refractivity contribution in [2.45, 2.75) is 38.9 Å². The molecular formula is C11H12Cl2O6. The average molecular weight is 311 g/mol. The predicted octanol–water partition coefficient (Wildman–Crippen LogP) is 1.16. The van der Waals surface area contributed by atoms with Crippen molar-refractivity contribution in [1.82, 2.24) is 0 Å². The maximum atomic E-state index is 11.9. The Hall–Kier alpha value is -1.14. The first kappa shape index (κ1) is 15.9. The molecule has 0 spiro atoms. The second kappa shape index (κ2) is 5.88. The van der Waals surface area contributed by atoms with Crippen molar-refractivity contribution in [3.05, 3.63) is 0 Å². The first-order chi connectivity index (χ1) is 8.65. The zero-order valence-electron chi connectivity index (χ0n) is 10.3. The van der Waals surface area contributed by atoms with Crippen LogP contribution in [0.2, 0.25) is 0 Å². The van der Waals surface area contributed by atoms with Crippen molar-refractivity contribution in [3.63, 3.8) is 0 Å². The van der Waals surface area contributed by atoms with E-state index in [-0.39, 0.29) is 12.8 Å². The van der Waals surface area contributed by atoms with Gasteiger partial charge in [-0.05, 0) is 43.5 Å². The van der Waals surface area contributed by atoms with Gasteiger partial charge in [-0.2, -0.15) is 0 Å². The van der Waals surface area contributed by atoms with Crippen molar-refractivity contribution >= 4 is 45.6 Å². The highest BCUT2D eigenvalue weighted by atomic mass is 35.5. The molecule has 1 saturated heterocycles. The van der Waals surface area contributed by atoms with Crippen LogP contribution in [-0.4, -0.2) is 34.6 Å². The van der Waals surface area contributed by atoms with Crippen LogP contribution in [0.25, 0.3) is 0 Å². The molecule has 0 aromatic carbocycles. The van der Waals surface area contributed by atoms with Gasteiger partial charge in [0.15, 0.2) is 0 Å². The van der Waals surface area contributed by atoms with E-state index in [0.717, 1.165) is 0 Å². The van der Waals surface area contributed by atoms with Gasteiger partial charge in [0.1, 0.15) is 0 Å². The van der Waals surface area contributed by atoms with Gasteiger partial charge in [-0.15, -0.1) is 0 Å². The van der Waals surface area contributed by atoms with Gasteiger partial charge in [-0.25, -0.2) is 0 Å². The number of cyclic esters (lactones) is 2. The minimum atomic E-state index is -1.74. The fourth-order valence-corrected chi connectivity index (χ4v) is 1.76. The van der Waals surface area contributed by atoms with Crippen LogP contribution in [0, 0.1) is 5.41 Å². The van der Waals surface area contributed by atoms with Crippen LogP contribution in [0.15, 0.2) is 0 Å². The molecule has 1 aliphatic rings. The molecule has 1 heterocycles. The molecule has 106 valence electrons. The molecule has 2 unspecified atom stereocenters. The second-order valence-electron chi connectivity index (χ2n) is 4.73. The summed E-state index contributed by atoms with van der Waals surface area (Å²) in [6.07, 6.45) is -3.42. The Morgan fingerprint density at radius 3 is 2.05 bits per heavy atom. The maximum Gasteiger partial charge on any atom is 0.312 e. The maximum absolute atomic E-state index is 11.9. The van der Waals surface area contributed by atoms with E-state index in [9.17, 15) is 19.2 Å². The number of hydrogen-bond acceptors (Lipinski definition) is 6. The van der Waals surface area contributed by atoms with E-state index in [1.807, 2.05) is 0 Å². The molecule has 0 aromatic heterocycles. The second-order valence-corrected chi connectivity index (χ2v) is 5.47. The summed E-state index contributed by atoms with van der Waals surface area (Å²) in [7, 11) is 0. The molecule has 0 aromatic rings. The minimum absolute atomic E-state index is 0.105.